The summed E-state index contributed by atoms with van der Waals surface area (Å²) in [4.78, 5) is 0. The Hall–Kier alpha value is -5.98. The van der Waals surface area contributed by atoms with Crippen LogP contribution in [0.15, 0.2) is 182 Å². The molecule has 0 aromatic heterocycles. The van der Waals surface area contributed by atoms with Crippen LogP contribution in [0.1, 0.15) is 0 Å². The third kappa shape index (κ3) is 4.64. The van der Waals surface area contributed by atoms with E-state index in [4.69, 9.17) is 0 Å². The van der Waals surface area contributed by atoms with Crippen molar-refractivity contribution in [2.45, 2.75) is 0 Å². The highest BCUT2D eigenvalue weighted by molar-refractivity contribution is 6.03. The predicted octanol–water partition coefficient (Wildman–Crippen LogP) is 13.0. The topological polar surface area (TPSA) is 0 Å². The highest BCUT2D eigenvalue weighted by Gasteiger charge is 2.12. The first-order valence-electron chi connectivity index (χ1n) is 15.9. The summed E-state index contributed by atoms with van der Waals surface area (Å²) in [5.41, 5.74) is 9.89. The summed E-state index contributed by atoms with van der Waals surface area (Å²) in [5, 5.41) is 10.1. The van der Waals surface area contributed by atoms with Gasteiger partial charge in [-0.15, -0.1) is 0 Å². The quantitative estimate of drug-likeness (QED) is 0.194. The van der Waals surface area contributed by atoms with Crippen molar-refractivity contribution < 1.29 is 0 Å². The summed E-state index contributed by atoms with van der Waals surface area (Å²) >= 11 is 0. The first-order chi connectivity index (χ1) is 22.8. The molecule has 0 N–H and O–H groups in total. The van der Waals surface area contributed by atoms with E-state index in [-0.39, 0.29) is 0 Å². The van der Waals surface area contributed by atoms with Crippen molar-refractivity contribution in [2.75, 3.05) is 0 Å². The average molecular weight is 583 g/mol. The van der Waals surface area contributed by atoms with Gasteiger partial charge in [-0.1, -0.05) is 146 Å². The molecule has 0 heterocycles. The van der Waals surface area contributed by atoms with Gasteiger partial charge in [0.25, 0.3) is 0 Å². The van der Waals surface area contributed by atoms with Crippen LogP contribution >= 0.6 is 0 Å². The predicted molar refractivity (Wildman–Crippen MR) is 198 cm³/mol. The number of rotatable bonds is 4. The highest BCUT2D eigenvalue weighted by atomic mass is 14.2. The van der Waals surface area contributed by atoms with Crippen LogP contribution in [0.3, 0.4) is 0 Å². The molecule has 0 saturated carbocycles. The first-order valence-corrected chi connectivity index (χ1v) is 15.9. The fourth-order valence-electron chi connectivity index (χ4n) is 7.00. The van der Waals surface area contributed by atoms with Gasteiger partial charge in [0.1, 0.15) is 0 Å². The second-order valence-electron chi connectivity index (χ2n) is 12.2. The summed E-state index contributed by atoms with van der Waals surface area (Å²) in [7, 11) is 0. The van der Waals surface area contributed by atoms with Crippen LogP contribution in [-0.2, 0) is 0 Å². The van der Waals surface area contributed by atoms with Gasteiger partial charge < -0.3 is 0 Å². The van der Waals surface area contributed by atoms with E-state index >= 15 is 0 Å². The third-order valence-electron chi connectivity index (χ3n) is 9.40. The van der Waals surface area contributed by atoms with E-state index in [0.717, 1.165) is 0 Å². The van der Waals surface area contributed by atoms with E-state index in [1.807, 2.05) is 0 Å². The Balaban J connectivity index is 1.14. The SMILES string of the molecule is c1ccc2cc(-c3cc(-c4ccc(-c5cc(-c6ccc7ccccc7c6)c6ccccc6c5)cc4)cc4ccccc34)ccc2c1. The zero-order valence-corrected chi connectivity index (χ0v) is 25.3. The monoisotopic (exact) mass is 582 g/mol. The first kappa shape index (κ1) is 26.4. The van der Waals surface area contributed by atoms with Crippen molar-refractivity contribution in [3.8, 4) is 44.5 Å². The van der Waals surface area contributed by atoms with Gasteiger partial charge in [0.05, 0.1) is 0 Å². The van der Waals surface area contributed by atoms with E-state index in [9.17, 15) is 0 Å². The number of hydrogen-bond donors (Lipinski definition) is 0. The van der Waals surface area contributed by atoms with Gasteiger partial charge >= 0.3 is 0 Å². The smallest absolute Gasteiger partial charge is 0.00990 e. The Kier molecular flexibility index (Phi) is 6.25. The molecule has 0 radical (unpaired) electrons. The van der Waals surface area contributed by atoms with Gasteiger partial charge in [0, 0.05) is 0 Å². The van der Waals surface area contributed by atoms with Gasteiger partial charge in [0.15, 0.2) is 0 Å². The summed E-state index contributed by atoms with van der Waals surface area (Å²) in [5.74, 6) is 0. The highest BCUT2D eigenvalue weighted by Crippen LogP contribution is 2.38. The Labute approximate surface area is 268 Å². The van der Waals surface area contributed by atoms with Crippen LogP contribution in [-0.4, -0.2) is 0 Å². The molecule has 0 aliphatic heterocycles. The Morgan fingerprint density at radius 3 is 0.957 bits per heavy atom. The van der Waals surface area contributed by atoms with Crippen LogP contribution in [0.5, 0.6) is 0 Å². The molecule has 0 nitrogen and oxygen atoms in total. The Morgan fingerprint density at radius 1 is 0.196 bits per heavy atom. The molecule has 0 saturated heterocycles. The molecule has 0 aliphatic rings. The molecule has 0 amide bonds. The van der Waals surface area contributed by atoms with Crippen molar-refractivity contribution in [1.29, 1.82) is 0 Å². The lowest BCUT2D eigenvalue weighted by molar-refractivity contribution is 1.60. The summed E-state index contributed by atoms with van der Waals surface area (Å²) in [6, 6.07) is 66.7. The molecule has 9 aromatic carbocycles. The Morgan fingerprint density at radius 2 is 0.522 bits per heavy atom. The third-order valence-corrected chi connectivity index (χ3v) is 9.40. The summed E-state index contributed by atoms with van der Waals surface area (Å²) in [6.07, 6.45) is 0. The van der Waals surface area contributed by atoms with E-state index < -0.39 is 0 Å². The standard InChI is InChI=1S/C46H30/c1-3-11-35-25-39(23-21-31(35)9-1)45-29-41(27-37-13-5-7-15-43(37)45)33-17-19-34(20-18-33)42-28-38-14-6-8-16-44(38)46(30-42)40-24-22-32-10-2-4-12-36(32)26-40/h1-30H. The summed E-state index contributed by atoms with van der Waals surface area (Å²) in [6.45, 7) is 0. The van der Waals surface area contributed by atoms with E-state index in [2.05, 4.69) is 182 Å². The van der Waals surface area contributed by atoms with Crippen molar-refractivity contribution in [3.05, 3.63) is 182 Å². The second kappa shape index (κ2) is 10.9. The van der Waals surface area contributed by atoms with Gasteiger partial charge in [-0.25, -0.2) is 0 Å². The molecule has 0 atom stereocenters. The maximum absolute atomic E-state index is 2.36. The molecule has 0 aliphatic carbocycles. The van der Waals surface area contributed by atoms with Crippen molar-refractivity contribution in [1.82, 2.24) is 0 Å². The minimum Gasteiger partial charge on any atom is -0.0616 e. The zero-order chi connectivity index (χ0) is 30.5. The fourth-order valence-corrected chi connectivity index (χ4v) is 7.00. The van der Waals surface area contributed by atoms with Gasteiger partial charge in [-0.2, -0.15) is 0 Å². The lowest BCUT2D eigenvalue weighted by atomic mass is 9.90. The van der Waals surface area contributed by atoms with Crippen LogP contribution in [0.2, 0.25) is 0 Å². The fraction of sp³-hybridized carbons (Fsp3) is 0. The van der Waals surface area contributed by atoms with E-state index in [1.54, 1.807) is 0 Å². The van der Waals surface area contributed by atoms with Gasteiger partial charge in [-0.3, -0.25) is 0 Å². The normalized spacial score (nSPS) is 11.5. The van der Waals surface area contributed by atoms with Crippen LogP contribution in [0, 0.1) is 0 Å². The van der Waals surface area contributed by atoms with Crippen molar-refractivity contribution >= 4 is 43.1 Å². The molecule has 214 valence electrons. The molecule has 0 fully saturated rings. The van der Waals surface area contributed by atoms with Crippen LogP contribution < -0.4 is 0 Å². The van der Waals surface area contributed by atoms with Gasteiger partial charge in [-0.05, 0) is 124 Å². The van der Waals surface area contributed by atoms with Crippen molar-refractivity contribution in [2.24, 2.45) is 0 Å². The largest absolute Gasteiger partial charge is 0.0616 e. The minimum absolute atomic E-state index is 1.21. The number of hydrogen-bond acceptors (Lipinski definition) is 0. The summed E-state index contributed by atoms with van der Waals surface area (Å²) < 4.78 is 0. The van der Waals surface area contributed by atoms with E-state index in [0.29, 0.717) is 0 Å². The molecular weight excluding hydrogens is 553 g/mol. The molecule has 0 spiro atoms. The molecule has 0 unspecified atom stereocenters. The lowest BCUT2D eigenvalue weighted by Crippen LogP contribution is -1.88. The average Bonchev–Trinajstić information content (AvgIpc) is 3.13. The minimum atomic E-state index is 1.21. The van der Waals surface area contributed by atoms with Gasteiger partial charge in [0.2, 0.25) is 0 Å². The molecule has 0 heteroatoms. The molecular formula is C46H30. The Bertz CT molecular complexity index is 2390. The van der Waals surface area contributed by atoms with Crippen LogP contribution in [0.4, 0.5) is 0 Å². The number of benzene rings is 9. The maximum atomic E-state index is 2.36. The number of fused-ring (bicyclic) bond motifs is 4. The van der Waals surface area contributed by atoms with Crippen LogP contribution in [0.25, 0.3) is 87.6 Å². The molecule has 46 heavy (non-hydrogen) atoms. The second-order valence-corrected chi connectivity index (χ2v) is 12.2. The molecule has 0 bridgehead atoms. The van der Waals surface area contributed by atoms with E-state index in [1.165, 1.54) is 87.6 Å². The zero-order valence-electron chi connectivity index (χ0n) is 25.3. The van der Waals surface area contributed by atoms with Crippen molar-refractivity contribution in [3.63, 3.8) is 0 Å². The molecule has 9 rings (SSSR count). The lowest BCUT2D eigenvalue weighted by Gasteiger charge is -2.14. The maximum Gasteiger partial charge on any atom is -0.00990 e. The molecule has 9 aromatic rings.